The summed E-state index contributed by atoms with van der Waals surface area (Å²) in [4.78, 5) is 5.26. The second-order valence-corrected chi connectivity index (χ2v) is 20.4. The average molecular weight is 277 g/mol. The second-order valence-electron chi connectivity index (χ2n) is 4.78. The van der Waals surface area contributed by atoms with Crippen molar-refractivity contribution < 1.29 is 0 Å². The van der Waals surface area contributed by atoms with Gasteiger partial charge in [-0.05, 0) is 0 Å². The predicted octanol–water partition coefficient (Wildman–Crippen LogP) is 4.69. The number of hydrogen-bond donors (Lipinski definition) is 0. The van der Waals surface area contributed by atoms with Crippen LogP contribution in [0.25, 0.3) is 0 Å². The maximum absolute atomic E-state index is 2.63. The van der Waals surface area contributed by atoms with Crippen LogP contribution in [0.3, 0.4) is 0 Å². The minimum atomic E-state index is -1.57. The molecule has 1 heteroatoms. The molecule has 0 heterocycles. The molecule has 0 fully saturated rings. The standard InChI is InChI=1S/C5H11.C4H9.2CH3.Sn/c1-3-5-4-2;1-3-4-2;;;/h3H,4-5H2,1-2H3;1,3-4H2,2H3;2*1H3;. The van der Waals surface area contributed by atoms with Crippen LogP contribution in [-0.4, -0.2) is 18.4 Å². The predicted molar refractivity (Wildman–Crippen MR) is 61.5 cm³/mol. The molecule has 0 rings (SSSR count). The number of rotatable bonds is 6. The molecular formula is C11H26Sn. The van der Waals surface area contributed by atoms with E-state index in [-0.39, 0.29) is 0 Å². The van der Waals surface area contributed by atoms with E-state index in [2.05, 4.69) is 30.7 Å². The van der Waals surface area contributed by atoms with Crippen molar-refractivity contribution in [2.75, 3.05) is 0 Å². The van der Waals surface area contributed by atoms with Crippen LogP contribution in [0.5, 0.6) is 0 Å². The van der Waals surface area contributed by atoms with E-state index in [9.17, 15) is 0 Å². The Morgan fingerprint density at radius 2 is 1.67 bits per heavy atom. The van der Waals surface area contributed by atoms with Crippen molar-refractivity contribution in [3.05, 3.63) is 0 Å². The Morgan fingerprint density at radius 1 is 1.08 bits per heavy atom. The van der Waals surface area contributed by atoms with Crippen molar-refractivity contribution in [1.82, 2.24) is 0 Å². The van der Waals surface area contributed by atoms with Crippen molar-refractivity contribution in [3.63, 3.8) is 0 Å². The molecule has 0 N–H and O–H groups in total. The van der Waals surface area contributed by atoms with E-state index in [1.165, 1.54) is 25.7 Å². The fourth-order valence-corrected chi connectivity index (χ4v) is 9.77. The van der Waals surface area contributed by atoms with Gasteiger partial charge in [0.1, 0.15) is 0 Å². The van der Waals surface area contributed by atoms with Gasteiger partial charge in [-0.3, -0.25) is 0 Å². The van der Waals surface area contributed by atoms with Crippen LogP contribution < -0.4 is 0 Å². The third-order valence-electron chi connectivity index (χ3n) is 3.23. The zero-order valence-electron chi connectivity index (χ0n) is 9.61. The molecule has 0 aromatic rings. The van der Waals surface area contributed by atoms with Crippen molar-refractivity contribution in [1.29, 1.82) is 0 Å². The Labute approximate surface area is 83.0 Å². The van der Waals surface area contributed by atoms with Crippen molar-refractivity contribution in [2.24, 2.45) is 0 Å². The first kappa shape index (κ1) is 12.8. The first-order valence-electron chi connectivity index (χ1n) is 5.54. The third kappa shape index (κ3) is 4.73. The Morgan fingerprint density at radius 3 is 2.08 bits per heavy atom. The first-order chi connectivity index (χ1) is 5.54. The van der Waals surface area contributed by atoms with E-state index in [4.69, 9.17) is 0 Å². The quantitative estimate of drug-likeness (QED) is 0.618. The van der Waals surface area contributed by atoms with E-state index < -0.39 is 18.4 Å². The average Bonchev–Trinajstić information content (AvgIpc) is 2.01. The Kier molecular flexibility index (Phi) is 6.70. The summed E-state index contributed by atoms with van der Waals surface area (Å²) in [5, 5.41) is 0. The first-order valence-corrected chi connectivity index (χ1v) is 14.9. The van der Waals surface area contributed by atoms with Gasteiger partial charge in [0.05, 0.1) is 0 Å². The molecule has 0 aliphatic carbocycles. The van der Waals surface area contributed by atoms with E-state index in [1.807, 2.05) is 0 Å². The Hall–Kier alpha value is 0.799. The van der Waals surface area contributed by atoms with Gasteiger partial charge < -0.3 is 0 Å². The van der Waals surface area contributed by atoms with Crippen LogP contribution in [-0.2, 0) is 0 Å². The number of unbranched alkanes of at least 4 members (excludes halogenated alkanes) is 1. The minimum absolute atomic E-state index is 1.09. The number of hydrogen-bond acceptors (Lipinski definition) is 0. The van der Waals surface area contributed by atoms with Crippen LogP contribution >= 0.6 is 0 Å². The maximum atomic E-state index is 2.63. The topological polar surface area (TPSA) is 0 Å². The summed E-state index contributed by atoms with van der Waals surface area (Å²) in [5.41, 5.74) is 0. The molecule has 1 unspecified atom stereocenters. The Balaban J connectivity index is 3.81. The summed E-state index contributed by atoms with van der Waals surface area (Å²) in [6.45, 7) is 7.12. The molecule has 0 saturated heterocycles. The molecule has 0 bridgehead atoms. The molecule has 0 aromatic heterocycles. The summed E-state index contributed by atoms with van der Waals surface area (Å²) >= 11 is -1.57. The SMILES string of the molecule is CCC[CH2][Sn]([CH3])([CH3])[CH](C)CCC. The van der Waals surface area contributed by atoms with E-state index in [0.717, 1.165) is 3.93 Å². The van der Waals surface area contributed by atoms with E-state index in [0.29, 0.717) is 0 Å². The van der Waals surface area contributed by atoms with Gasteiger partial charge in [-0.15, -0.1) is 0 Å². The molecule has 0 aromatic carbocycles. The van der Waals surface area contributed by atoms with Gasteiger partial charge in [0, 0.05) is 0 Å². The van der Waals surface area contributed by atoms with Crippen molar-refractivity contribution >= 4 is 18.4 Å². The molecule has 12 heavy (non-hydrogen) atoms. The molecule has 74 valence electrons. The van der Waals surface area contributed by atoms with Crippen LogP contribution in [0.2, 0.25) is 18.2 Å². The van der Waals surface area contributed by atoms with Gasteiger partial charge in [-0.1, -0.05) is 0 Å². The monoisotopic (exact) mass is 278 g/mol. The van der Waals surface area contributed by atoms with Gasteiger partial charge in [0.2, 0.25) is 0 Å². The van der Waals surface area contributed by atoms with Crippen LogP contribution in [0.1, 0.15) is 46.5 Å². The molecule has 0 aliphatic heterocycles. The fourth-order valence-electron chi connectivity index (χ4n) is 1.70. The summed E-state index contributed by atoms with van der Waals surface area (Å²) in [7, 11) is 0. The zero-order chi connectivity index (χ0) is 9.61. The summed E-state index contributed by atoms with van der Waals surface area (Å²) < 4.78 is 2.70. The Bertz CT molecular complexity index is 108. The summed E-state index contributed by atoms with van der Waals surface area (Å²) in [6.07, 6.45) is 5.73. The zero-order valence-corrected chi connectivity index (χ0v) is 12.5. The molecule has 0 saturated carbocycles. The summed E-state index contributed by atoms with van der Waals surface area (Å²) in [6, 6.07) is 0. The van der Waals surface area contributed by atoms with Crippen LogP contribution in [0.15, 0.2) is 0 Å². The molecular weight excluding hydrogens is 251 g/mol. The van der Waals surface area contributed by atoms with Crippen molar-refractivity contribution in [2.45, 2.75) is 64.7 Å². The van der Waals surface area contributed by atoms with Crippen LogP contribution in [0, 0.1) is 0 Å². The fraction of sp³-hybridized carbons (Fsp3) is 1.00. The molecule has 0 aliphatic rings. The van der Waals surface area contributed by atoms with E-state index in [1.54, 1.807) is 4.44 Å². The normalized spacial score (nSPS) is 14.8. The van der Waals surface area contributed by atoms with Gasteiger partial charge in [0.15, 0.2) is 0 Å². The summed E-state index contributed by atoms with van der Waals surface area (Å²) in [5.74, 6) is 0. The van der Waals surface area contributed by atoms with Crippen molar-refractivity contribution in [3.8, 4) is 0 Å². The van der Waals surface area contributed by atoms with E-state index >= 15 is 0 Å². The van der Waals surface area contributed by atoms with Gasteiger partial charge in [0.25, 0.3) is 0 Å². The molecule has 1 atom stereocenters. The van der Waals surface area contributed by atoms with Gasteiger partial charge in [-0.25, -0.2) is 0 Å². The third-order valence-corrected chi connectivity index (χ3v) is 16.4. The second kappa shape index (κ2) is 6.28. The molecule has 0 amide bonds. The van der Waals surface area contributed by atoms with Crippen LogP contribution in [0.4, 0.5) is 0 Å². The molecule has 0 spiro atoms. The molecule has 0 radical (unpaired) electrons. The molecule has 0 nitrogen and oxygen atoms in total. The van der Waals surface area contributed by atoms with Gasteiger partial charge in [-0.2, -0.15) is 0 Å². The van der Waals surface area contributed by atoms with Gasteiger partial charge >= 0.3 is 83.1 Å².